The molecule has 254 valence electrons. The summed E-state index contributed by atoms with van der Waals surface area (Å²) in [5.41, 5.74) is 5.19. The first-order valence-corrected chi connectivity index (χ1v) is 16.7. The highest BCUT2D eigenvalue weighted by Crippen LogP contribution is 2.32. The van der Waals surface area contributed by atoms with Crippen molar-refractivity contribution in [2.45, 2.75) is 63.7 Å². The summed E-state index contributed by atoms with van der Waals surface area (Å²) in [7, 11) is 1.66. The lowest BCUT2D eigenvalue weighted by Crippen LogP contribution is -2.61. The van der Waals surface area contributed by atoms with Crippen molar-refractivity contribution in [1.82, 2.24) is 0 Å². The fourth-order valence-electron chi connectivity index (χ4n) is 5.78. The fraction of sp³-hybridized carbons (Fsp3) is 0.286. The molecule has 0 spiro atoms. The van der Waals surface area contributed by atoms with Gasteiger partial charge in [0.05, 0.1) is 46.8 Å². The second-order valence-corrected chi connectivity index (χ2v) is 12.0. The maximum Gasteiger partial charge on any atom is 0.187 e. The standard InChI is InChI=1S/C42H44O7/c1-43-37-24-22-36(23-25-37)29-45-39-38(31-44-26-32-14-6-2-7-15-32)49-42(48-30-35-20-12-5-13-21-35)41(47-28-34-18-10-4-11-19-34)40(39)46-27-33-16-8-3-9-17-33/h2-25,38-42H,26-31H2,1H3/t38-,39-,40+,41-,42-/m1/s1. The molecule has 1 heterocycles. The molecule has 1 aliphatic rings. The zero-order chi connectivity index (χ0) is 33.5. The van der Waals surface area contributed by atoms with E-state index in [1.165, 1.54) is 0 Å². The summed E-state index contributed by atoms with van der Waals surface area (Å²) >= 11 is 0. The Morgan fingerprint density at radius 1 is 0.429 bits per heavy atom. The maximum absolute atomic E-state index is 6.80. The van der Waals surface area contributed by atoms with Crippen LogP contribution < -0.4 is 4.74 Å². The number of benzene rings is 5. The Morgan fingerprint density at radius 2 is 0.837 bits per heavy atom. The third-order valence-corrected chi connectivity index (χ3v) is 8.41. The quantitative estimate of drug-likeness (QED) is 0.100. The minimum atomic E-state index is -0.754. The smallest absolute Gasteiger partial charge is 0.187 e. The van der Waals surface area contributed by atoms with Crippen molar-refractivity contribution >= 4 is 0 Å². The Balaban J connectivity index is 1.30. The van der Waals surface area contributed by atoms with Gasteiger partial charge in [-0.25, -0.2) is 0 Å². The molecule has 6 rings (SSSR count). The van der Waals surface area contributed by atoms with E-state index in [4.69, 9.17) is 33.2 Å². The van der Waals surface area contributed by atoms with Crippen molar-refractivity contribution in [3.05, 3.63) is 173 Å². The van der Waals surface area contributed by atoms with Crippen molar-refractivity contribution in [2.75, 3.05) is 13.7 Å². The zero-order valence-corrected chi connectivity index (χ0v) is 27.8. The van der Waals surface area contributed by atoms with Crippen molar-refractivity contribution in [3.8, 4) is 5.75 Å². The first-order chi connectivity index (χ1) is 24.2. The van der Waals surface area contributed by atoms with E-state index in [1.807, 2.05) is 133 Å². The normalized spacial score (nSPS) is 20.6. The van der Waals surface area contributed by atoms with Gasteiger partial charge in [0.15, 0.2) is 6.29 Å². The third kappa shape index (κ3) is 10.3. The molecule has 1 saturated heterocycles. The van der Waals surface area contributed by atoms with E-state index >= 15 is 0 Å². The van der Waals surface area contributed by atoms with E-state index < -0.39 is 30.7 Å². The van der Waals surface area contributed by atoms with Crippen LogP contribution in [0.4, 0.5) is 0 Å². The Labute approximate surface area is 289 Å². The molecule has 5 aromatic rings. The molecule has 0 aromatic heterocycles. The molecule has 1 aliphatic heterocycles. The number of hydrogen-bond donors (Lipinski definition) is 0. The van der Waals surface area contributed by atoms with Crippen LogP contribution in [0.1, 0.15) is 27.8 Å². The molecule has 0 radical (unpaired) electrons. The van der Waals surface area contributed by atoms with Gasteiger partial charge in [0, 0.05) is 0 Å². The van der Waals surface area contributed by atoms with Gasteiger partial charge in [-0.05, 0) is 39.9 Å². The molecule has 7 nitrogen and oxygen atoms in total. The van der Waals surface area contributed by atoms with E-state index in [0.717, 1.165) is 33.6 Å². The van der Waals surface area contributed by atoms with Gasteiger partial charge in [0.2, 0.25) is 0 Å². The van der Waals surface area contributed by atoms with Crippen LogP contribution >= 0.6 is 0 Å². The van der Waals surface area contributed by atoms with Crippen molar-refractivity contribution in [2.24, 2.45) is 0 Å². The summed E-state index contributed by atoms with van der Waals surface area (Å²) in [5, 5.41) is 0. The molecule has 0 saturated carbocycles. The van der Waals surface area contributed by atoms with Crippen molar-refractivity contribution in [1.29, 1.82) is 0 Å². The lowest BCUT2D eigenvalue weighted by atomic mass is 9.97. The molecule has 0 aliphatic carbocycles. The van der Waals surface area contributed by atoms with E-state index in [0.29, 0.717) is 33.0 Å². The molecule has 5 aromatic carbocycles. The van der Waals surface area contributed by atoms with Gasteiger partial charge in [-0.2, -0.15) is 0 Å². The van der Waals surface area contributed by atoms with Crippen molar-refractivity contribution < 1.29 is 33.2 Å². The minimum absolute atomic E-state index is 0.268. The average Bonchev–Trinajstić information content (AvgIpc) is 3.17. The zero-order valence-electron chi connectivity index (χ0n) is 27.8. The van der Waals surface area contributed by atoms with Crippen LogP contribution in [0.5, 0.6) is 5.75 Å². The summed E-state index contributed by atoms with van der Waals surface area (Å²) in [4.78, 5) is 0. The molecule has 0 unspecified atom stereocenters. The van der Waals surface area contributed by atoms with Gasteiger partial charge in [0.25, 0.3) is 0 Å². The van der Waals surface area contributed by atoms with Crippen LogP contribution in [-0.2, 0) is 61.5 Å². The minimum Gasteiger partial charge on any atom is -0.497 e. The van der Waals surface area contributed by atoms with Gasteiger partial charge < -0.3 is 33.2 Å². The van der Waals surface area contributed by atoms with Crippen LogP contribution in [0.3, 0.4) is 0 Å². The van der Waals surface area contributed by atoms with Crippen LogP contribution in [-0.4, -0.2) is 44.4 Å². The molecule has 5 atom stereocenters. The summed E-state index contributed by atoms with van der Waals surface area (Å²) in [6, 6.07) is 48.2. The summed E-state index contributed by atoms with van der Waals surface area (Å²) in [6.45, 7) is 2.10. The van der Waals surface area contributed by atoms with Crippen LogP contribution in [0.2, 0.25) is 0 Å². The molecular formula is C42H44O7. The second kappa shape index (κ2) is 18.4. The fourth-order valence-corrected chi connectivity index (χ4v) is 5.78. The topological polar surface area (TPSA) is 64.6 Å². The molecule has 0 amide bonds. The Hall–Kier alpha value is -4.34. The van der Waals surface area contributed by atoms with Gasteiger partial charge in [-0.15, -0.1) is 0 Å². The second-order valence-electron chi connectivity index (χ2n) is 12.0. The monoisotopic (exact) mass is 660 g/mol. The summed E-state index contributed by atoms with van der Waals surface area (Å²) in [6.07, 6.45) is -2.98. The van der Waals surface area contributed by atoms with E-state index in [9.17, 15) is 0 Å². The Bertz CT molecular complexity index is 1620. The van der Waals surface area contributed by atoms with Gasteiger partial charge >= 0.3 is 0 Å². The highest BCUT2D eigenvalue weighted by Gasteiger charge is 2.49. The first kappa shape index (κ1) is 34.5. The molecule has 7 heteroatoms. The van der Waals surface area contributed by atoms with Crippen LogP contribution in [0.25, 0.3) is 0 Å². The van der Waals surface area contributed by atoms with Gasteiger partial charge in [0.1, 0.15) is 30.2 Å². The summed E-state index contributed by atoms with van der Waals surface area (Å²) < 4.78 is 45.2. The average molecular weight is 661 g/mol. The summed E-state index contributed by atoms with van der Waals surface area (Å²) in [5.74, 6) is 0.786. The van der Waals surface area contributed by atoms with E-state index in [1.54, 1.807) is 7.11 Å². The van der Waals surface area contributed by atoms with Crippen LogP contribution in [0, 0.1) is 0 Å². The maximum atomic E-state index is 6.80. The number of hydrogen-bond acceptors (Lipinski definition) is 7. The number of ether oxygens (including phenoxy) is 7. The van der Waals surface area contributed by atoms with Gasteiger partial charge in [-0.1, -0.05) is 133 Å². The predicted octanol–water partition coefficient (Wildman–Crippen LogP) is 7.91. The van der Waals surface area contributed by atoms with E-state index in [2.05, 4.69) is 12.1 Å². The van der Waals surface area contributed by atoms with Crippen molar-refractivity contribution in [3.63, 3.8) is 0 Å². The lowest BCUT2D eigenvalue weighted by molar-refractivity contribution is -0.330. The first-order valence-electron chi connectivity index (χ1n) is 16.7. The number of methoxy groups -OCH3 is 1. The molecular weight excluding hydrogens is 616 g/mol. The van der Waals surface area contributed by atoms with E-state index in [-0.39, 0.29) is 6.61 Å². The Morgan fingerprint density at radius 3 is 1.33 bits per heavy atom. The van der Waals surface area contributed by atoms with Gasteiger partial charge in [-0.3, -0.25) is 0 Å². The molecule has 1 fully saturated rings. The lowest BCUT2D eigenvalue weighted by Gasteiger charge is -2.46. The Kier molecular flexibility index (Phi) is 13.0. The third-order valence-electron chi connectivity index (χ3n) is 8.41. The molecule has 0 bridgehead atoms. The SMILES string of the molecule is COc1ccc(CO[C@H]2[C@H](OCc3ccccc3)[C@@H](OCc3ccccc3)[C@H](OCc3ccccc3)O[C@@H]2COCc2ccccc2)cc1. The predicted molar refractivity (Wildman–Crippen MR) is 188 cm³/mol. The highest BCUT2D eigenvalue weighted by molar-refractivity contribution is 5.27. The van der Waals surface area contributed by atoms with Crippen LogP contribution in [0.15, 0.2) is 146 Å². The highest BCUT2D eigenvalue weighted by atomic mass is 16.7. The number of rotatable bonds is 17. The molecule has 0 N–H and O–H groups in total. The molecule has 49 heavy (non-hydrogen) atoms. The largest absolute Gasteiger partial charge is 0.497 e.